The number of hydrogen-bond acceptors (Lipinski definition) is 3. The highest BCUT2D eigenvalue weighted by Crippen LogP contribution is 2.28. The average Bonchev–Trinajstić information content (AvgIpc) is 2.66. The van der Waals surface area contributed by atoms with E-state index in [4.69, 9.17) is 9.15 Å². The zero-order chi connectivity index (χ0) is 19.5. The van der Waals surface area contributed by atoms with Crippen molar-refractivity contribution in [1.29, 1.82) is 0 Å². The van der Waals surface area contributed by atoms with Crippen molar-refractivity contribution in [3.8, 4) is 17.6 Å². The van der Waals surface area contributed by atoms with Crippen LogP contribution in [0.1, 0.15) is 57.6 Å². The molecule has 1 aromatic heterocycles. The van der Waals surface area contributed by atoms with Crippen LogP contribution in [0.15, 0.2) is 44.1 Å². The standard InChI is InChI=1S/C22H26Br2O3/c1-2-19-18(23)15-13-11-9-7-5-3-4-6-8-10-12-14-17-16-20(27-19)21(24)22(25)26-17/h5,7,11,13,16,18-19H,2-3,8-10,12,14-15H2,1H3/b7-5-,13-11-. The second-order valence-corrected chi connectivity index (χ2v) is 8.41. The minimum Gasteiger partial charge on any atom is -0.488 e. The highest BCUT2D eigenvalue weighted by atomic mass is 79.9. The van der Waals surface area contributed by atoms with Crippen LogP contribution >= 0.6 is 31.9 Å². The van der Waals surface area contributed by atoms with Gasteiger partial charge in [0.1, 0.15) is 22.1 Å². The molecule has 0 saturated carbocycles. The van der Waals surface area contributed by atoms with Gasteiger partial charge in [-0.2, -0.15) is 0 Å². The zero-order valence-electron chi connectivity index (χ0n) is 15.7. The fraction of sp³-hybridized carbons (Fsp3) is 0.500. The Morgan fingerprint density at radius 3 is 2.81 bits per heavy atom. The van der Waals surface area contributed by atoms with Crippen LogP contribution in [0.3, 0.4) is 0 Å². The molecule has 0 spiro atoms. The lowest BCUT2D eigenvalue weighted by atomic mass is 10.1. The van der Waals surface area contributed by atoms with Crippen LogP contribution in [0.5, 0.6) is 5.75 Å². The predicted octanol–water partition coefficient (Wildman–Crippen LogP) is 6.34. The van der Waals surface area contributed by atoms with E-state index in [1.807, 2.05) is 6.07 Å². The number of ether oxygens (including phenoxy) is 1. The summed E-state index contributed by atoms with van der Waals surface area (Å²) >= 11 is 7.06. The molecule has 2 rings (SSSR count). The van der Waals surface area contributed by atoms with E-state index in [-0.39, 0.29) is 16.6 Å². The molecule has 0 amide bonds. The summed E-state index contributed by atoms with van der Waals surface area (Å²) in [6, 6.07) is 1.84. The summed E-state index contributed by atoms with van der Waals surface area (Å²) in [4.78, 5) is 12.3. The second kappa shape index (κ2) is 12.3. The van der Waals surface area contributed by atoms with Crippen LogP contribution in [0.2, 0.25) is 0 Å². The van der Waals surface area contributed by atoms with Crippen molar-refractivity contribution in [3.63, 3.8) is 0 Å². The van der Waals surface area contributed by atoms with Gasteiger partial charge in [-0.3, -0.25) is 0 Å². The van der Waals surface area contributed by atoms with E-state index >= 15 is 0 Å². The van der Waals surface area contributed by atoms with Crippen LogP contribution < -0.4 is 10.4 Å². The van der Waals surface area contributed by atoms with E-state index in [2.05, 4.69) is 74.9 Å². The molecule has 2 bridgehead atoms. The first-order chi connectivity index (χ1) is 13.1. The van der Waals surface area contributed by atoms with Gasteiger partial charge >= 0.3 is 5.63 Å². The lowest BCUT2D eigenvalue weighted by Gasteiger charge is -2.22. The van der Waals surface area contributed by atoms with Gasteiger partial charge in [0, 0.05) is 25.3 Å². The third kappa shape index (κ3) is 7.71. The van der Waals surface area contributed by atoms with Crippen LogP contribution in [0.4, 0.5) is 0 Å². The van der Waals surface area contributed by atoms with E-state index in [1.54, 1.807) is 0 Å². The summed E-state index contributed by atoms with van der Waals surface area (Å²) in [6.45, 7) is 2.08. The highest BCUT2D eigenvalue weighted by Gasteiger charge is 2.21. The summed E-state index contributed by atoms with van der Waals surface area (Å²) in [5.41, 5.74) is -0.389. The molecule has 0 aliphatic carbocycles. The fourth-order valence-corrected chi connectivity index (χ4v) is 3.74. The van der Waals surface area contributed by atoms with E-state index < -0.39 is 0 Å². The Balaban J connectivity index is 2.20. The maximum absolute atomic E-state index is 12.1. The molecule has 0 fully saturated rings. The number of aryl methyl sites for hydroxylation is 1. The Hall–Kier alpha value is -1.25. The van der Waals surface area contributed by atoms with Gasteiger partial charge in [-0.15, -0.1) is 5.92 Å². The first-order valence-electron chi connectivity index (χ1n) is 9.50. The topological polar surface area (TPSA) is 39.4 Å². The van der Waals surface area contributed by atoms with Gasteiger partial charge in [0.25, 0.3) is 0 Å². The fourth-order valence-electron chi connectivity index (χ4n) is 2.75. The molecule has 1 aromatic rings. The molecule has 2 heterocycles. The Kier molecular flexibility index (Phi) is 10.0. The number of hydrogen-bond donors (Lipinski definition) is 0. The number of rotatable bonds is 1. The molecule has 0 aromatic carbocycles. The molecule has 0 radical (unpaired) electrons. The second-order valence-electron chi connectivity index (χ2n) is 6.44. The number of allylic oxidation sites excluding steroid dienone is 4. The van der Waals surface area contributed by atoms with Crippen molar-refractivity contribution in [2.75, 3.05) is 0 Å². The third-order valence-corrected chi connectivity index (χ3v) is 5.96. The molecule has 1 aliphatic heterocycles. The highest BCUT2D eigenvalue weighted by molar-refractivity contribution is 9.10. The van der Waals surface area contributed by atoms with Gasteiger partial charge in [0.2, 0.25) is 0 Å². The molecular formula is C22H26Br2O3. The van der Waals surface area contributed by atoms with Crippen molar-refractivity contribution < 1.29 is 9.15 Å². The van der Waals surface area contributed by atoms with Gasteiger partial charge in [0.05, 0.1) is 4.83 Å². The summed E-state index contributed by atoms with van der Waals surface area (Å²) in [5.74, 6) is 7.59. The van der Waals surface area contributed by atoms with Gasteiger partial charge in [-0.1, -0.05) is 53.1 Å². The van der Waals surface area contributed by atoms with Crippen molar-refractivity contribution in [2.45, 2.75) is 69.2 Å². The molecule has 3 nitrogen and oxygen atoms in total. The van der Waals surface area contributed by atoms with E-state index in [0.717, 1.165) is 44.9 Å². The molecule has 2 unspecified atom stereocenters. The van der Waals surface area contributed by atoms with Gasteiger partial charge in [-0.05, 0) is 48.0 Å². The van der Waals surface area contributed by atoms with Gasteiger partial charge in [0.15, 0.2) is 0 Å². The first-order valence-corrected chi connectivity index (χ1v) is 11.2. The average molecular weight is 498 g/mol. The van der Waals surface area contributed by atoms with Crippen LogP contribution in [-0.2, 0) is 6.42 Å². The molecule has 5 heteroatoms. The number of halogens is 2. The minimum absolute atomic E-state index is 0.0355. The quantitative estimate of drug-likeness (QED) is 0.258. The lowest BCUT2D eigenvalue weighted by Crippen LogP contribution is -2.27. The van der Waals surface area contributed by atoms with Crippen LogP contribution in [0.25, 0.3) is 0 Å². The Bertz CT molecular complexity index is 768. The Morgan fingerprint density at radius 2 is 2.00 bits per heavy atom. The normalized spacial score (nSPS) is 24.3. The van der Waals surface area contributed by atoms with Gasteiger partial charge in [-0.25, -0.2) is 4.79 Å². The maximum atomic E-state index is 12.1. The molecular weight excluding hydrogens is 472 g/mol. The molecule has 0 saturated heterocycles. The Morgan fingerprint density at radius 1 is 1.19 bits per heavy atom. The van der Waals surface area contributed by atoms with E-state index in [9.17, 15) is 4.79 Å². The lowest BCUT2D eigenvalue weighted by molar-refractivity contribution is 0.191. The SMILES string of the molecule is CCC1Oc2cc(oc(=O)c2Br)CCCCC#CC/C=C\C/C=C\CC1Br. The molecule has 2 atom stereocenters. The van der Waals surface area contributed by atoms with Crippen LogP contribution in [0, 0.1) is 11.8 Å². The predicted molar refractivity (Wildman–Crippen MR) is 118 cm³/mol. The van der Waals surface area contributed by atoms with Crippen LogP contribution in [-0.4, -0.2) is 10.9 Å². The largest absolute Gasteiger partial charge is 0.488 e. The van der Waals surface area contributed by atoms with Gasteiger partial charge < -0.3 is 9.15 Å². The van der Waals surface area contributed by atoms with E-state index in [1.165, 1.54) is 0 Å². The van der Waals surface area contributed by atoms with Crippen molar-refractivity contribution in [2.24, 2.45) is 0 Å². The molecule has 1 aliphatic rings. The Labute approximate surface area is 178 Å². The zero-order valence-corrected chi connectivity index (χ0v) is 18.9. The minimum atomic E-state index is -0.389. The van der Waals surface area contributed by atoms with Crippen molar-refractivity contribution in [3.05, 3.63) is 51.0 Å². The molecule has 27 heavy (non-hydrogen) atoms. The molecule has 0 N–H and O–H groups in total. The first kappa shape index (κ1) is 22.0. The summed E-state index contributed by atoms with van der Waals surface area (Å²) in [6.07, 6.45) is 15.4. The summed E-state index contributed by atoms with van der Waals surface area (Å²) in [7, 11) is 0. The number of alkyl halides is 1. The summed E-state index contributed by atoms with van der Waals surface area (Å²) in [5, 5.41) is 0. The smallest absolute Gasteiger partial charge is 0.354 e. The van der Waals surface area contributed by atoms with Crippen molar-refractivity contribution >= 4 is 31.9 Å². The monoisotopic (exact) mass is 496 g/mol. The van der Waals surface area contributed by atoms with E-state index in [0.29, 0.717) is 22.4 Å². The molecule has 146 valence electrons. The van der Waals surface area contributed by atoms with Crippen molar-refractivity contribution in [1.82, 2.24) is 0 Å². The number of fused-ring (bicyclic) bond motifs is 2. The maximum Gasteiger partial charge on any atom is 0.354 e. The third-order valence-electron chi connectivity index (χ3n) is 4.28. The summed E-state index contributed by atoms with van der Waals surface area (Å²) < 4.78 is 11.9.